The number of hydrogen-bond acceptors (Lipinski definition) is 5. The lowest BCUT2D eigenvalue weighted by atomic mass is 9.96. The van der Waals surface area contributed by atoms with E-state index in [1.54, 1.807) is 6.92 Å². The van der Waals surface area contributed by atoms with Crippen molar-refractivity contribution in [2.24, 2.45) is 5.92 Å². The van der Waals surface area contributed by atoms with Crippen LogP contribution in [0, 0.1) is 5.92 Å². The van der Waals surface area contributed by atoms with Gasteiger partial charge in [-0.25, -0.2) is 0 Å². The zero-order valence-electron chi connectivity index (χ0n) is 10.6. The van der Waals surface area contributed by atoms with Gasteiger partial charge in [0.05, 0.1) is 23.5 Å². The van der Waals surface area contributed by atoms with Crippen LogP contribution in [0.4, 0.5) is 0 Å². The van der Waals surface area contributed by atoms with Crippen LogP contribution < -0.4 is 0 Å². The Morgan fingerprint density at radius 2 is 2.06 bits per heavy atom. The number of carbonyl (C=O) groups is 1. The highest BCUT2D eigenvalue weighted by atomic mass is 35.5. The Bertz CT molecular complexity index is 286. The van der Waals surface area contributed by atoms with Crippen molar-refractivity contribution in [2.45, 2.75) is 62.9 Å². The highest BCUT2D eigenvalue weighted by Gasteiger charge is 2.41. The number of rotatable bonds is 6. The van der Waals surface area contributed by atoms with E-state index in [2.05, 4.69) is 0 Å². The van der Waals surface area contributed by atoms with Gasteiger partial charge < -0.3 is 20.1 Å². The normalized spacial score (nSPS) is 30.7. The lowest BCUT2D eigenvalue weighted by Gasteiger charge is -2.28. The summed E-state index contributed by atoms with van der Waals surface area (Å²) < 4.78 is 4.98. The molecule has 6 atom stereocenters. The summed E-state index contributed by atoms with van der Waals surface area (Å²) in [4.78, 5) is 11.2. The molecule has 0 aliphatic carbocycles. The first-order chi connectivity index (χ1) is 8.38. The summed E-state index contributed by atoms with van der Waals surface area (Å²) in [5.74, 6) is -0.641. The molecule has 1 fully saturated rings. The van der Waals surface area contributed by atoms with Crippen molar-refractivity contribution in [3.8, 4) is 0 Å². The van der Waals surface area contributed by atoms with Crippen molar-refractivity contribution in [2.75, 3.05) is 0 Å². The number of cyclic esters (lactones) is 1. The third-order valence-corrected chi connectivity index (χ3v) is 3.78. The van der Waals surface area contributed by atoms with E-state index in [0.29, 0.717) is 19.3 Å². The molecule has 1 aliphatic heterocycles. The number of esters is 1. The molecule has 0 saturated carbocycles. The van der Waals surface area contributed by atoms with E-state index < -0.39 is 29.8 Å². The maximum atomic E-state index is 11.2. The van der Waals surface area contributed by atoms with E-state index in [-0.39, 0.29) is 11.9 Å². The van der Waals surface area contributed by atoms with Gasteiger partial charge in [-0.1, -0.05) is 20.3 Å². The largest absolute Gasteiger partial charge is 0.459 e. The van der Waals surface area contributed by atoms with E-state index >= 15 is 0 Å². The van der Waals surface area contributed by atoms with E-state index in [1.807, 2.05) is 6.92 Å². The van der Waals surface area contributed by atoms with Gasteiger partial charge in [0.2, 0.25) is 0 Å². The van der Waals surface area contributed by atoms with Crippen LogP contribution in [0.5, 0.6) is 0 Å². The Morgan fingerprint density at radius 3 is 2.50 bits per heavy atom. The van der Waals surface area contributed by atoms with Crippen molar-refractivity contribution in [3.63, 3.8) is 0 Å². The molecular weight excluding hydrogens is 260 g/mol. The van der Waals surface area contributed by atoms with E-state index in [0.717, 1.165) is 0 Å². The summed E-state index contributed by atoms with van der Waals surface area (Å²) in [6.07, 6.45) is -2.64. The van der Waals surface area contributed by atoms with Gasteiger partial charge in [0, 0.05) is 0 Å². The third-order valence-electron chi connectivity index (χ3n) is 3.27. The third kappa shape index (κ3) is 3.57. The first kappa shape index (κ1) is 15.7. The minimum atomic E-state index is -1.24. The van der Waals surface area contributed by atoms with Crippen LogP contribution in [0.2, 0.25) is 0 Å². The fourth-order valence-corrected chi connectivity index (χ4v) is 2.38. The lowest BCUT2D eigenvalue weighted by Crippen LogP contribution is -2.46. The van der Waals surface area contributed by atoms with Gasteiger partial charge in [-0.2, -0.15) is 0 Å². The molecule has 0 aromatic rings. The maximum absolute atomic E-state index is 11.2. The second kappa shape index (κ2) is 6.70. The smallest absolute Gasteiger partial charge is 0.309 e. The van der Waals surface area contributed by atoms with Crippen molar-refractivity contribution in [1.82, 2.24) is 0 Å². The minimum Gasteiger partial charge on any atom is -0.459 e. The molecule has 1 aliphatic rings. The van der Waals surface area contributed by atoms with Crippen LogP contribution in [0.1, 0.15) is 33.1 Å². The van der Waals surface area contributed by atoms with Gasteiger partial charge in [-0.05, 0) is 12.8 Å². The molecule has 106 valence electrons. The number of halogens is 1. The molecule has 1 saturated heterocycles. The van der Waals surface area contributed by atoms with Crippen LogP contribution in [0.25, 0.3) is 0 Å². The van der Waals surface area contributed by atoms with Crippen LogP contribution in [-0.4, -0.2) is 51.1 Å². The Kier molecular flexibility index (Phi) is 5.85. The first-order valence-corrected chi connectivity index (χ1v) is 6.70. The zero-order chi connectivity index (χ0) is 13.9. The van der Waals surface area contributed by atoms with Crippen LogP contribution in [0.3, 0.4) is 0 Å². The number of aliphatic hydroxyl groups excluding tert-OH is 3. The Morgan fingerprint density at radius 1 is 1.44 bits per heavy atom. The minimum absolute atomic E-state index is 0.272. The molecule has 0 aromatic carbocycles. The number of ether oxygens (including phenoxy) is 1. The summed E-state index contributed by atoms with van der Waals surface area (Å²) in [6, 6.07) is 0. The van der Waals surface area contributed by atoms with Gasteiger partial charge in [0.15, 0.2) is 0 Å². The van der Waals surface area contributed by atoms with E-state index in [4.69, 9.17) is 16.3 Å². The standard InChI is InChI=1S/C12H21ClO5/c1-3-4-7(14)10(15)9(13)11(16)8-5-6(2)12(17)18-8/h6-11,14-16H,3-5H2,1-2H3/t6-,7+,8-,9-,10-,11?/m0/s1. The van der Waals surface area contributed by atoms with Crippen molar-refractivity contribution < 1.29 is 24.9 Å². The molecule has 1 unspecified atom stereocenters. The maximum Gasteiger partial charge on any atom is 0.309 e. The Balaban J connectivity index is 2.55. The highest BCUT2D eigenvalue weighted by molar-refractivity contribution is 6.21. The number of hydrogen-bond donors (Lipinski definition) is 3. The first-order valence-electron chi connectivity index (χ1n) is 6.27. The highest BCUT2D eigenvalue weighted by Crippen LogP contribution is 2.27. The Hall–Kier alpha value is -0.360. The van der Waals surface area contributed by atoms with Gasteiger partial charge in [0.25, 0.3) is 0 Å². The summed E-state index contributed by atoms with van der Waals surface area (Å²) in [6.45, 7) is 3.58. The van der Waals surface area contributed by atoms with Gasteiger partial charge in [-0.15, -0.1) is 11.6 Å². The molecule has 6 heteroatoms. The second-order valence-corrected chi connectivity index (χ2v) is 5.40. The van der Waals surface area contributed by atoms with E-state index in [9.17, 15) is 20.1 Å². The quantitative estimate of drug-likeness (QED) is 0.485. The summed E-state index contributed by atoms with van der Waals surface area (Å²) >= 11 is 5.94. The van der Waals surface area contributed by atoms with Crippen LogP contribution in [0.15, 0.2) is 0 Å². The monoisotopic (exact) mass is 280 g/mol. The molecule has 1 heterocycles. The predicted octanol–water partition coefficient (Wildman–Crippen LogP) is 0.428. The summed E-state index contributed by atoms with van der Waals surface area (Å²) in [5.41, 5.74) is 0. The molecule has 18 heavy (non-hydrogen) atoms. The van der Waals surface area contributed by atoms with E-state index in [1.165, 1.54) is 0 Å². The molecule has 1 rings (SSSR count). The van der Waals surface area contributed by atoms with Gasteiger partial charge in [-0.3, -0.25) is 4.79 Å². The van der Waals surface area contributed by atoms with Crippen molar-refractivity contribution in [1.29, 1.82) is 0 Å². The van der Waals surface area contributed by atoms with Crippen LogP contribution >= 0.6 is 11.6 Å². The predicted molar refractivity (Wildman–Crippen MR) is 66.2 cm³/mol. The molecular formula is C12H21ClO5. The molecule has 0 spiro atoms. The zero-order valence-corrected chi connectivity index (χ0v) is 11.4. The molecule has 0 aromatic heterocycles. The average molecular weight is 281 g/mol. The fourth-order valence-electron chi connectivity index (χ4n) is 2.05. The molecule has 0 amide bonds. The Labute approximate surface area is 112 Å². The van der Waals surface area contributed by atoms with Crippen molar-refractivity contribution in [3.05, 3.63) is 0 Å². The SMILES string of the molecule is CCC[C@@H](O)[C@H](O)[C@H](Cl)C(O)[C@@H]1C[C@H](C)C(=O)O1. The molecule has 3 N–H and O–H groups in total. The second-order valence-electron chi connectivity index (χ2n) is 4.89. The fraction of sp³-hybridized carbons (Fsp3) is 0.917. The lowest BCUT2D eigenvalue weighted by molar-refractivity contribution is -0.148. The van der Waals surface area contributed by atoms with Crippen molar-refractivity contribution >= 4 is 17.6 Å². The molecule has 5 nitrogen and oxygen atoms in total. The topological polar surface area (TPSA) is 87.0 Å². The summed E-state index contributed by atoms with van der Waals surface area (Å²) in [7, 11) is 0. The average Bonchev–Trinajstić information content (AvgIpc) is 2.67. The molecule has 0 radical (unpaired) electrons. The summed E-state index contributed by atoms with van der Waals surface area (Å²) in [5, 5.41) is 28.3. The number of aliphatic hydroxyl groups is 3. The molecule has 0 bridgehead atoms. The van der Waals surface area contributed by atoms with Gasteiger partial charge in [0.1, 0.15) is 12.2 Å². The number of alkyl halides is 1. The number of carbonyl (C=O) groups excluding carboxylic acids is 1. The van der Waals surface area contributed by atoms with Gasteiger partial charge >= 0.3 is 5.97 Å². The van der Waals surface area contributed by atoms with Crippen LogP contribution in [-0.2, 0) is 9.53 Å².